The number of fused-ring (bicyclic) bond motifs is 1. The van der Waals surface area contributed by atoms with Crippen molar-refractivity contribution in [2.45, 2.75) is 31.5 Å². The third-order valence-corrected chi connectivity index (χ3v) is 5.88. The van der Waals surface area contributed by atoms with Crippen molar-refractivity contribution in [2.75, 3.05) is 39.9 Å². The van der Waals surface area contributed by atoms with Gasteiger partial charge in [0.2, 0.25) is 0 Å². The van der Waals surface area contributed by atoms with Crippen molar-refractivity contribution < 1.29 is 55.6 Å². The third-order valence-electron chi connectivity index (χ3n) is 5.88. The Hall–Kier alpha value is -3.37. The maximum absolute atomic E-state index is 10.6. The van der Waals surface area contributed by atoms with E-state index < -0.39 is 24.3 Å². The average Bonchev–Trinajstić information content (AvgIpc) is 3.38. The maximum Gasteiger partial charge on any atom is 0.490 e. The molecule has 2 aliphatic rings. The molecule has 40 heavy (non-hydrogen) atoms. The van der Waals surface area contributed by atoms with Gasteiger partial charge in [0.15, 0.2) is 0 Å². The summed E-state index contributed by atoms with van der Waals surface area (Å²) in [5, 5.41) is 18.5. The monoisotopic (exact) mass is 584 g/mol. The Kier molecular flexibility index (Phi) is 11.8. The lowest BCUT2D eigenvalue weighted by atomic mass is 10.1. The van der Waals surface area contributed by atoms with E-state index in [2.05, 4.69) is 39.3 Å². The van der Waals surface area contributed by atoms with Crippen molar-refractivity contribution in [2.24, 2.45) is 13.0 Å². The van der Waals surface area contributed by atoms with E-state index in [1.54, 1.807) is 7.11 Å². The van der Waals surface area contributed by atoms with Gasteiger partial charge >= 0.3 is 24.3 Å². The first-order chi connectivity index (χ1) is 18.6. The molecule has 3 heterocycles. The first-order valence-electron chi connectivity index (χ1n) is 11.9. The van der Waals surface area contributed by atoms with Crippen molar-refractivity contribution in [3.8, 4) is 5.75 Å². The van der Waals surface area contributed by atoms with Gasteiger partial charge < -0.3 is 19.7 Å². The normalized spacial score (nSPS) is 19.8. The molecule has 10 nitrogen and oxygen atoms in total. The molecule has 2 aliphatic heterocycles. The van der Waals surface area contributed by atoms with Crippen molar-refractivity contribution in [3.05, 3.63) is 47.8 Å². The lowest BCUT2D eigenvalue weighted by Gasteiger charge is -2.23. The highest BCUT2D eigenvalue weighted by molar-refractivity contribution is 5.73. The van der Waals surface area contributed by atoms with E-state index in [9.17, 15) is 26.3 Å². The molecule has 0 spiro atoms. The fraction of sp³-hybridized carbons (Fsp3) is 0.542. The highest BCUT2D eigenvalue weighted by Gasteiger charge is 2.39. The van der Waals surface area contributed by atoms with Gasteiger partial charge in [0, 0.05) is 64.0 Å². The van der Waals surface area contributed by atoms with Crippen LogP contribution in [0.3, 0.4) is 0 Å². The Morgan fingerprint density at radius 2 is 1.57 bits per heavy atom. The number of methoxy groups -OCH3 is 1. The number of hydrogen-bond acceptors (Lipinski definition) is 7. The van der Waals surface area contributed by atoms with Crippen LogP contribution < -0.4 is 4.74 Å². The maximum atomic E-state index is 10.6. The average molecular weight is 585 g/mol. The van der Waals surface area contributed by atoms with Crippen LogP contribution in [0.15, 0.2) is 36.7 Å². The van der Waals surface area contributed by atoms with E-state index in [0.29, 0.717) is 12.0 Å². The number of aromatic nitrogens is 2. The van der Waals surface area contributed by atoms with Crippen LogP contribution >= 0.6 is 0 Å². The molecule has 2 atom stereocenters. The van der Waals surface area contributed by atoms with E-state index in [1.807, 2.05) is 24.0 Å². The summed E-state index contributed by atoms with van der Waals surface area (Å²) < 4.78 is 76.9. The Bertz CT molecular complexity index is 1090. The minimum Gasteiger partial charge on any atom is -0.497 e. The minimum atomic E-state index is -5.08. The smallest absolute Gasteiger partial charge is 0.490 e. The molecule has 2 aromatic rings. The summed E-state index contributed by atoms with van der Waals surface area (Å²) in [5.74, 6) is -4.02. The summed E-state index contributed by atoms with van der Waals surface area (Å²) in [4.78, 5) is 22.8. The van der Waals surface area contributed by atoms with E-state index in [1.165, 1.54) is 11.1 Å². The summed E-state index contributed by atoms with van der Waals surface area (Å²) in [7, 11) is 3.69. The molecule has 0 radical (unpaired) electrons. The Labute approximate surface area is 225 Å². The minimum absolute atomic E-state index is 0.347. The number of rotatable bonds is 5. The first-order valence-corrected chi connectivity index (χ1v) is 11.9. The highest BCUT2D eigenvalue weighted by atomic mass is 19.4. The van der Waals surface area contributed by atoms with Crippen molar-refractivity contribution >= 4 is 11.9 Å². The van der Waals surface area contributed by atoms with Crippen molar-refractivity contribution in [3.63, 3.8) is 0 Å². The molecule has 224 valence electrons. The standard InChI is InChI=1S/C20H28N4O2.2C2HF3O2/c1-22-10-17(9-21-22)12-23-6-7-26-20-15-24(14-18(20)13-23)11-16-4-3-5-19(8-16)25-2;2*3-2(4,5)1(6)7/h3-5,8-10,18,20H,6-7,11-15H2,1-2H3;2*(H,6,7)/t18-,20+;;/m0../s1. The van der Waals surface area contributed by atoms with Crippen molar-refractivity contribution in [1.82, 2.24) is 19.6 Å². The van der Waals surface area contributed by atoms with Crippen LogP contribution in [0.4, 0.5) is 26.3 Å². The second-order valence-corrected chi connectivity index (χ2v) is 9.08. The number of aliphatic carboxylic acids is 2. The van der Waals surface area contributed by atoms with Crippen molar-refractivity contribution in [1.29, 1.82) is 0 Å². The van der Waals surface area contributed by atoms with Gasteiger partial charge in [-0.25, -0.2) is 9.59 Å². The van der Waals surface area contributed by atoms with E-state index in [4.69, 9.17) is 29.3 Å². The van der Waals surface area contributed by atoms with Crippen LogP contribution in [-0.2, 0) is 34.5 Å². The van der Waals surface area contributed by atoms with Gasteiger partial charge in [-0.1, -0.05) is 12.1 Å². The van der Waals surface area contributed by atoms with Crippen LogP contribution in [0.5, 0.6) is 5.75 Å². The quantitative estimate of drug-likeness (QED) is 0.512. The SMILES string of the molecule is COc1cccc(CN2C[C@@H]3CN(Cc4cnn(C)c4)CCO[C@@H]3C2)c1.O=C(O)C(F)(F)F.O=C(O)C(F)(F)F. The van der Waals surface area contributed by atoms with Crippen LogP contribution in [0, 0.1) is 5.92 Å². The largest absolute Gasteiger partial charge is 0.497 e. The van der Waals surface area contributed by atoms with Gasteiger partial charge in [0.05, 0.1) is 26.0 Å². The summed E-state index contributed by atoms with van der Waals surface area (Å²) in [6.07, 6.45) is -5.75. The summed E-state index contributed by atoms with van der Waals surface area (Å²) >= 11 is 0. The van der Waals surface area contributed by atoms with E-state index >= 15 is 0 Å². The zero-order valence-electron chi connectivity index (χ0n) is 21.7. The molecule has 4 rings (SSSR count). The number of nitrogens with zero attached hydrogens (tertiary/aromatic N) is 4. The number of carboxylic acid groups (broad SMARTS) is 2. The summed E-state index contributed by atoms with van der Waals surface area (Å²) in [6.45, 7) is 6.92. The topological polar surface area (TPSA) is 117 Å². The molecule has 16 heteroatoms. The number of ether oxygens (including phenoxy) is 2. The first kappa shape index (κ1) is 32.8. The molecule has 2 saturated heterocycles. The number of benzene rings is 1. The fourth-order valence-electron chi connectivity index (χ4n) is 4.16. The summed E-state index contributed by atoms with van der Waals surface area (Å²) in [6, 6.07) is 8.36. The fourth-order valence-corrected chi connectivity index (χ4v) is 4.16. The molecule has 1 aromatic heterocycles. The highest BCUT2D eigenvalue weighted by Crippen LogP contribution is 2.26. The molecule has 1 aromatic carbocycles. The van der Waals surface area contributed by atoms with E-state index in [-0.39, 0.29) is 0 Å². The number of carboxylic acids is 2. The number of aryl methyl sites for hydroxylation is 1. The molecule has 2 fully saturated rings. The number of alkyl halides is 6. The Morgan fingerprint density at radius 1 is 1.00 bits per heavy atom. The van der Waals surface area contributed by atoms with Crippen LogP contribution in [0.2, 0.25) is 0 Å². The molecule has 0 bridgehead atoms. The predicted octanol–water partition coefficient (Wildman–Crippen LogP) is 3.03. The lowest BCUT2D eigenvalue weighted by molar-refractivity contribution is -0.193. The second-order valence-electron chi connectivity index (χ2n) is 9.08. The second kappa shape index (κ2) is 14.3. The Balaban J connectivity index is 0.000000333. The van der Waals surface area contributed by atoms with Gasteiger partial charge in [-0.3, -0.25) is 14.5 Å². The summed E-state index contributed by atoms with van der Waals surface area (Å²) in [5.41, 5.74) is 2.57. The molecule has 0 unspecified atom stereocenters. The molecule has 2 N–H and O–H groups in total. The molecule has 0 amide bonds. The number of likely N-dealkylation sites (tertiary alicyclic amines) is 1. The zero-order valence-corrected chi connectivity index (χ0v) is 21.7. The number of halogens is 6. The molecular weight excluding hydrogens is 554 g/mol. The van der Waals surface area contributed by atoms with Crippen LogP contribution in [0.1, 0.15) is 11.1 Å². The van der Waals surface area contributed by atoms with Gasteiger partial charge in [0.1, 0.15) is 5.75 Å². The third kappa shape index (κ3) is 11.0. The van der Waals surface area contributed by atoms with Gasteiger partial charge in [0.25, 0.3) is 0 Å². The van der Waals surface area contributed by atoms with E-state index in [0.717, 1.165) is 51.6 Å². The molecular formula is C24H30F6N4O6. The van der Waals surface area contributed by atoms with Crippen LogP contribution in [-0.4, -0.2) is 100 Å². The molecule has 0 saturated carbocycles. The predicted molar refractivity (Wildman–Crippen MR) is 127 cm³/mol. The lowest BCUT2D eigenvalue weighted by Crippen LogP contribution is -2.32. The Morgan fingerprint density at radius 3 is 2.10 bits per heavy atom. The van der Waals surface area contributed by atoms with Gasteiger partial charge in [-0.2, -0.15) is 31.4 Å². The number of hydrogen-bond donors (Lipinski definition) is 2. The van der Waals surface area contributed by atoms with Crippen LogP contribution in [0.25, 0.3) is 0 Å². The zero-order chi connectivity index (χ0) is 30.1. The van der Waals surface area contributed by atoms with Gasteiger partial charge in [-0.15, -0.1) is 0 Å². The van der Waals surface area contributed by atoms with Gasteiger partial charge in [-0.05, 0) is 17.7 Å². The molecule has 0 aliphatic carbocycles. The number of carbonyl (C=O) groups is 2.